The Labute approximate surface area is 188 Å². The summed E-state index contributed by atoms with van der Waals surface area (Å²) in [5.41, 5.74) is 3.57. The van der Waals surface area contributed by atoms with Crippen LogP contribution in [0, 0.1) is 6.92 Å². The van der Waals surface area contributed by atoms with E-state index in [1.807, 2.05) is 21.8 Å². The molecule has 0 N–H and O–H groups in total. The first-order chi connectivity index (χ1) is 14.8. The summed E-state index contributed by atoms with van der Waals surface area (Å²) in [4.78, 5) is 22.2. The highest BCUT2D eigenvalue weighted by Gasteiger charge is 2.22. The van der Waals surface area contributed by atoms with Crippen molar-refractivity contribution in [3.63, 3.8) is 0 Å². The van der Waals surface area contributed by atoms with Gasteiger partial charge in [-0.25, -0.2) is 4.98 Å². The van der Waals surface area contributed by atoms with Gasteiger partial charge < -0.3 is 4.90 Å². The fourth-order valence-electron chi connectivity index (χ4n) is 4.12. The molecule has 7 heteroatoms. The molecular weight excluding hydrogens is 406 g/mol. The van der Waals surface area contributed by atoms with Crippen molar-refractivity contribution in [2.75, 3.05) is 26.2 Å². The molecule has 0 saturated carbocycles. The Hall–Kier alpha value is -2.25. The van der Waals surface area contributed by atoms with Gasteiger partial charge in [-0.3, -0.25) is 14.4 Å². The summed E-state index contributed by atoms with van der Waals surface area (Å²) in [5, 5.41) is 9.04. The van der Waals surface area contributed by atoms with Gasteiger partial charge in [0.1, 0.15) is 0 Å². The Morgan fingerprint density at radius 2 is 2.00 bits per heavy atom. The highest BCUT2D eigenvalue weighted by Crippen LogP contribution is 2.26. The molecule has 166 valence electrons. The third-order valence-corrected chi connectivity index (χ3v) is 7.28. The standard InChI is InChI=1S/C24H33N5OS/c1-18-7-5-8-21-20(18)15-25-29(21)12-9-22(30)28-11-6-10-27(13-14-28)16-19-17-31-23(26-19)24(2,3)4/h5,7-8,15,17H,6,9-14,16H2,1-4H3. The fourth-order valence-corrected chi connectivity index (χ4v) is 5.02. The van der Waals surface area contributed by atoms with Gasteiger partial charge in [-0.05, 0) is 25.0 Å². The van der Waals surface area contributed by atoms with Crippen LogP contribution < -0.4 is 0 Å². The summed E-state index contributed by atoms with van der Waals surface area (Å²) in [5.74, 6) is 0.224. The number of aromatic nitrogens is 3. The smallest absolute Gasteiger partial charge is 0.224 e. The van der Waals surface area contributed by atoms with Crippen molar-refractivity contribution in [1.82, 2.24) is 24.6 Å². The van der Waals surface area contributed by atoms with Crippen molar-refractivity contribution in [3.8, 4) is 0 Å². The fraction of sp³-hybridized carbons (Fsp3) is 0.542. The molecule has 1 aliphatic rings. The van der Waals surface area contributed by atoms with E-state index in [4.69, 9.17) is 4.98 Å². The lowest BCUT2D eigenvalue weighted by Crippen LogP contribution is -2.35. The Kier molecular flexibility index (Phi) is 6.44. The van der Waals surface area contributed by atoms with E-state index in [1.54, 1.807) is 11.3 Å². The monoisotopic (exact) mass is 439 g/mol. The number of hydrogen-bond acceptors (Lipinski definition) is 5. The summed E-state index contributed by atoms with van der Waals surface area (Å²) in [6.07, 6.45) is 3.40. The Balaban J connectivity index is 1.30. The minimum Gasteiger partial charge on any atom is -0.341 e. The van der Waals surface area contributed by atoms with Crippen LogP contribution in [0.2, 0.25) is 0 Å². The molecule has 6 nitrogen and oxygen atoms in total. The van der Waals surface area contributed by atoms with Gasteiger partial charge in [-0.1, -0.05) is 32.9 Å². The molecule has 0 atom stereocenters. The third-order valence-electron chi connectivity index (χ3n) is 5.96. The predicted molar refractivity (Wildman–Crippen MR) is 126 cm³/mol. The minimum atomic E-state index is 0.101. The van der Waals surface area contributed by atoms with E-state index in [0.29, 0.717) is 13.0 Å². The molecule has 1 saturated heterocycles. The maximum atomic E-state index is 12.9. The van der Waals surface area contributed by atoms with Gasteiger partial charge in [-0.15, -0.1) is 11.3 Å². The lowest BCUT2D eigenvalue weighted by molar-refractivity contribution is -0.131. The molecule has 1 aromatic carbocycles. The molecule has 1 aliphatic heterocycles. The van der Waals surface area contributed by atoms with Gasteiger partial charge in [0.05, 0.1) is 29.0 Å². The zero-order chi connectivity index (χ0) is 22.0. The van der Waals surface area contributed by atoms with Crippen LogP contribution >= 0.6 is 11.3 Å². The van der Waals surface area contributed by atoms with E-state index in [1.165, 1.54) is 10.6 Å². The number of carbonyl (C=O) groups is 1. The average Bonchev–Trinajstić information content (AvgIpc) is 3.29. The van der Waals surface area contributed by atoms with Gasteiger partial charge in [-0.2, -0.15) is 5.10 Å². The second-order valence-electron chi connectivity index (χ2n) is 9.53. The summed E-state index contributed by atoms with van der Waals surface area (Å²) in [7, 11) is 0. The van der Waals surface area contributed by atoms with Gasteiger partial charge >= 0.3 is 0 Å². The number of hydrogen-bond donors (Lipinski definition) is 0. The van der Waals surface area contributed by atoms with Gasteiger partial charge in [0.2, 0.25) is 5.91 Å². The lowest BCUT2D eigenvalue weighted by Gasteiger charge is -2.22. The first-order valence-electron chi connectivity index (χ1n) is 11.2. The van der Waals surface area contributed by atoms with Crippen LogP contribution in [0.25, 0.3) is 10.9 Å². The average molecular weight is 440 g/mol. The number of nitrogens with zero attached hydrogens (tertiary/aromatic N) is 5. The summed E-state index contributed by atoms with van der Waals surface area (Å²) < 4.78 is 1.96. The first kappa shape index (κ1) is 22.0. The Morgan fingerprint density at radius 3 is 2.77 bits per heavy atom. The van der Waals surface area contributed by atoms with E-state index in [2.05, 4.69) is 55.2 Å². The molecule has 2 aromatic heterocycles. The van der Waals surface area contributed by atoms with E-state index in [0.717, 1.165) is 55.7 Å². The Bertz CT molecular complexity index is 1050. The van der Waals surface area contributed by atoms with Crippen molar-refractivity contribution in [2.45, 2.75) is 59.0 Å². The zero-order valence-electron chi connectivity index (χ0n) is 19.1. The number of benzene rings is 1. The van der Waals surface area contributed by atoms with E-state index in [9.17, 15) is 4.79 Å². The second kappa shape index (κ2) is 9.09. The molecule has 3 heterocycles. The second-order valence-corrected chi connectivity index (χ2v) is 10.4. The van der Waals surface area contributed by atoms with Crippen molar-refractivity contribution in [2.24, 2.45) is 0 Å². The predicted octanol–water partition coefficient (Wildman–Crippen LogP) is 4.22. The molecule has 0 bridgehead atoms. The number of carbonyl (C=O) groups excluding carboxylic acids is 1. The highest BCUT2D eigenvalue weighted by atomic mass is 32.1. The number of rotatable bonds is 5. The normalized spacial score (nSPS) is 16.1. The molecule has 1 amide bonds. The summed E-state index contributed by atoms with van der Waals surface area (Å²) >= 11 is 1.75. The molecule has 1 fully saturated rings. The van der Waals surface area contributed by atoms with E-state index >= 15 is 0 Å². The van der Waals surface area contributed by atoms with Crippen LogP contribution in [0.3, 0.4) is 0 Å². The summed E-state index contributed by atoms with van der Waals surface area (Å²) in [6, 6.07) is 6.22. The molecule has 3 aromatic rings. The SMILES string of the molecule is Cc1cccc2c1cnn2CCC(=O)N1CCCN(Cc2csc(C(C)(C)C)n2)CC1. The van der Waals surface area contributed by atoms with Crippen LogP contribution in [0.15, 0.2) is 29.8 Å². The number of fused-ring (bicyclic) bond motifs is 1. The van der Waals surface area contributed by atoms with Gasteiger partial charge in [0.15, 0.2) is 0 Å². The third kappa shape index (κ3) is 5.15. The molecule has 31 heavy (non-hydrogen) atoms. The molecule has 0 spiro atoms. The van der Waals surface area contributed by atoms with E-state index < -0.39 is 0 Å². The molecule has 4 rings (SSSR count). The summed E-state index contributed by atoms with van der Waals surface area (Å²) in [6.45, 7) is 13.7. The number of thiazole rings is 1. The van der Waals surface area contributed by atoms with Crippen LogP contribution in [-0.4, -0.2) is 56.7 Å². The zero-order valence-corrected chi connectivity index (χ0v) is 19.9. The number of aryl methyl sites for hydroxylation is 2. The quantitative estimate of drug-likeness (QED) is 0.597. The maximum absolute atomic E-state index is 12.9. The topological polar surface area (TPSA) is 54.3 Å². The minimum absolute atomic E-state index is 0.101. The van der Waals surface area contributed by atoms with Crippen LogP contribution in [0.4, 0.5) is 0 Å². The van der Waals surface area contributed by atoms with E-state index in [-0.39, 0.29) is 11.3 Å². The van der Waals surface area contributed by atoms with Crippen LogP contribution in [0.1, 0.15) is 49.9 Å². The van der Waals surface area contributed by atoms with Crippen LogP contribution in [-0.2, 0) is 23.3 Å². The van der Waals surface area contributed by atoms with Gasteiger partial charge in [0.25, 0.3) is 0 Å². The highest BCUT2D eigenvalue weighted by molar-refractivity contribution is 7.09. The number of amides is 1. The maximum Gasteiger partial charge on any atom is 0.224 e. The largest absolute Gasteiger partial charge is 0.341 e. The van der Waals surface area contributed by atoms with Crippen molar-refractivity contribution in [3.05, 3.63) is 46.0 Å². The molecular formula is C24H33N5OS. The van der Waals surface area contributed by atoms with Crippen molar-refractivity contribution < 1.29 is 4.79 Å². The molecule has 0 unspecified atom stereocenters. The van der Waals surface area contributed by atoms with Crippen molar-refractivity contribution in [1.29, 1.82) is 0 Å². The first-order valence-corrected chi connectivity index (χ1v) is 12.1. The lowest BCUT2D eigenvalue weighted by atomic mass is 9.98. The Morgan fingerprint density at radius 1 is 1.16 bits per heavy atom. The molecule has 0 radical (unpaired) electrons. The van der Waals surface area contributed by atoms with Crippen molar-refractivity contribution >= 4 is 28.1 Å². The van der Waals surface area contributed by atoms with Gasteiger partial charge in [0, 0.05) is 55.3 Å². The van der Waals surface area contributed by atoms with Crippen LogP contribution in [0.5, 0.6) is 0 Å². The molecule has 0 aliphatic carbocycles.